The molecule has 1 aromatic rings. The fourth-order valence-electron chi connectivity index (χ4n) is 2.10. The molecule has 0 radical (unpaired) electrons. The minimum absolute atomic E-state index is 0.206. The fourth-order valence-corrected chi connectivity index (χ4v) is 3.17. The van der Waals surface area contributed by atoms with Crippen LogP contribution in [0.15, 0.2) is 47.4 Å². The number of allylic oxidation sites excluding steroid dienone is 3. The molecule has 0 spiro atoms. The second-order valence-corrected chi connectivity index (χ2v) is 5.68. The first-order chi connectivity index (χ1) is 9.83. The van der Waals surface area contributed by atoms with E-state index in [0.29, 0.717) is 6.61 Å². The first kappa shape index (κ1) is 14.9. The van der Waals surface area contributed by atoms with Crippen LogP contribution < -0.4 is 0 Å². The maximum atomic E-state index is 12.2. The van der Waals surface area contributed by atoms with Gasteiger partial charge >= 0.3 is 5.97 Å². The Morgan fingerprint density at radius 2 is 2.05 bits per heavy atom. The third-order valence-electron chi connectivity index (χ3n) is 3.09. The molecule has 106 valence electrons. The summed E-state index contributed by atoms with van der Waals surface area (Å²) >= 11 is 1.62. The van der Waals surface area contributed by atoms with Crippen LogP contribution in [0.5, 0.6) is 0 Å². The van der Waals surface area contributed by atoms with Crippen LogP contribution in [0.3, 0.4) is 0 Å². The second kappa shape index (κ2) is 7.95. The highest BCUT2D eigenvalue weighted by Gasteiger charge is 2.17. The lowest BCUT2D eigenvalue weighted by molar-refractivity contribution is -0.137. The van der Waals surface area contributed by atoms with Gasteiger partial charge in [-0.05, 0) is 37.5 Å². The molecule has 0 bridgehead atoms. The van der Waals surface area contributed by atoms with Crippen LogP contribution >= 0.6 is 11.8 Å². The smallest absolute Gasteiger partial charge is 0.345 e. The van der Waals surface area contributed by atoms with E-state index in [1.54, 1.807) is 11.8 Å². The highest BCUT2D eigenvalue weighted by atomic mass is 32.2. The van der Waals surface area contributed by atoms with Crippen molar-refractivity contribution in [2.45, 2.75) is 26.2 Å². The van der Waals surface area contributed by atoms with Crippen LogP contribution in [-0.2, 0) is 9.53 Å². The monoisotopic (exact) mass is 288 g/mol. The summed E-state index contributed by atoms with van der Waals surface area (Å²) in [6, 6.07) is 10.1. The molecule has 3 heteroatoms. The third-order valence-corrected chi connectivity index (χ3v) is 4.25. The van der Waals surface area contributed by atoms with Crippen molar-refractivity contribution in [2.75, 3.05) is 12.4 Å². The molecule has 2 nitrogen and oxygen atoms in total. The Kier molecular flexibility index (Phi) is 5.93. The number of hydrogen-bond donors (Lipinski definition) is 0. The zero-order valence-corrected chi connectivity index (χ0v) is 12.6. The van der Waals surface area contributed by atoms with Gasteiger partial charge in [0, 0.05) is 5.57 Å². The molecule has 2 rings (SSSR count). The molecular formula is C17H20O2S. The van der Waals surface area contributed by atoms with Gasteiger partial charge in [-0.1, -0.05) is 42.5 Å². The van der Waals surface area contributed by atoms with E-state index < -0.39 is 0 Å². The van der Waals surface area contributed by atoms with Crippen LogP contribution in [0.1, 0.15) is 31.7 Å². The Balaban J connectivity index is 2.44. The number of benzene rings is 1. The summed E-state index contributed by atoms with van der Waals surface area (Å²) in [4.78, 5) is 13.0. The fraction of sp³-hybridized carbons (Fsp3) is 0.353. The first-order valence-electron chi connectivity index (χ1n) is 7.09. The summed E-state index contributed by atoms with van der Waals surface area (Å²) in [5, 5.41) is 0. The van der Waals surface area contributed by atoms with Gasteiger partial charge in [0.15, 0.2) is 0 Å². The zero-order chi connectivity index (χ0) is 14.2. The molecule has 0 saturated heterocycles. The van der Waals surface area contributed by atoms with Crippen molar-refractivity contribution in [3.05, 3.63) is 53.0 Å². The lowest BCUT2D eigenvalue weighted by Gasteiger charge is -2.11. The van der Waals surface area contributed by atoms with Crippen molar-refractivity contribution >= 4 is 23.3 Å². The number of rotatable bonds is 3. The lowest BCUT2D eigenvalue weighted by Crippen LogP contribution is -2.08. The number of thioether (sulfide) groups is 1. The molecule has 1 heterocycles. The quantitative estimate of drug-likeness (QED) is 0.769. The topological polar surface area (TPSA) is 26.3 Å². The molecule has 0 atom stereocenters. The normalized spacial score (nSPS) is 21.4. The first-order valence-corrected chi connectivity index (χ1v) is 8.07. The van der Waals surface area contributed by atoms with E-state index in [1.165, 1.54) is 6.42 Å². The van der Waals surface area contributed by atoms with Gasteiger partial charge in [-0.3, -0.25) is 0 Å². The summed E-state index contributed by atoms with van der Waals surface area (Å²) in [5.74, 6) is 0.759. The van der Waals surface area contributed by atoms with Crippen molar-refractivity contribution in [3.63, 3.8) is 0 Å². The van der Waals surface area contributed by atoms with Crippen molar-refractivity contribution in [3.8, 4) is 0 Å². The SMILES string of the molecule is CCOC(=O)/C1=C(c2ccccc2)/C=C\CCCCS1. The number of carbonyl (C=O) groups is 1. The Morgan fingerprint density at radius 1 is 1.25 bits per heavy atom. The van der Waals surface area contributed by atoms with Gasteiger partial charge in [0.05, 0.1) is 6.61 Å². The molecular weight excluding hydrogens is 268 g/mol. The number of hydrogen-bond acceptors (Lipinski definition) is 3. The second-order valence-electron chi connectivity index (χ2n) is 4.58. The summed E-state index contributed by atoms with van der Waals surface area (Å²) < 4.78 is 5.22. The summed E-state index contributed by atoms with van der Waals surface area (Å²) in [5.41, 5.74) is 2.05. The van der Waals surface area contributed by atoms with Gasteiger partial charge in [0.2, 0.25) is 0 Å². The van der Waals surface area contributed by atoms with E-state index in [2.05, 4.69) is 12.2 Å². The number of esters is 1. The molecule has 20 heavy (non-hydrogen) atoms. The lowest BCUT2D eigenvalue weighted by atomic mass is 10.0. The minimum atomic E-state index is -0.206. The third kappa shape index (κ3) is 4.01. The van der Waals surface area contributed by atoms with Crippen molar-refractivity contribution < 1.29 is 9.53 Å². The van der Waals surface area contributed by atoms with Crippen LogP contribution in [0, 0.1) is 0 Å². The molecule has 0 aliphatic carbocycles. The van der Waals surface area contributed by atoms with Gasteiger partial charge in [0.1, 0.15) is 4.91 Å². The Morgan fingerprint density at radius 3 is 2.80 bits per heavy atom. The standard InChI is InChI=1S/C17H20O2S/c1-2-19-17(18)16-15(14-10-6-5-7-11-14)12-8-3-4-9-13-20-16/h5-8,10-12H,2-4,9,13H2,1H3/b12-8-,16-15+. The minimum Gasteiger partial charge on any atom is -0.462 e. The van der Waals surface area contributed by atoms with Crippen LogP contribution in [-0.4, -0.2) is 18.3 Å². The molecule has 0 fully saturated rings. The Labute approximate surface area is 124 Å². The van der Waals surface area contributed by atoms with Crippen molar-refractivity contribution in [1.82, 2.24) is 0 Å². The predicted octanol–water partition coefficient (Wildman–Crippen LogP) is 4.43. The Bertz CT molecular complexity index is 503. The summed E-state index contributed by atoms with van der Waals surface area (Å²) in [7, 11) is 0. The zero-order valence-electron chi connectivity index (χ0n) is 11.8. The van der Waals surface area contributed by atoms with E-state index in [9.17, 15) is 4.79 Å². The molecule has 0 aromatic heterocycles. The molecule has 1 aliphatic rings. The highest BCUT2D eigenvalue weighted by molar-refractivity contribution is 8.04. The van der Waals surface area contributed by atoms with E-state index in [4.69, 9.17) is 4.74 Å². The molecule has 0 N–H and O–H groups in total. The Hall–Kier alpha value is -1.48. The van der Waals surface area contributed by atoms with Gasteiger partial charge in [-0.2, -0.15) is 0 Å². The van der Waals surface area contributed by atoms with E-state index in [-0.39, 0.29) is 5.97 Å². The highest BCUT2D eigenvalue weighted by Crippen LogP contribution is 2.31. The summed E-state index contributed by atoms with van der Waals surface area (Å²) in [6.45, 7) is 2.25. The molecule has 1 aliphatic heterocycles. The molecule has 0 saturated carbocycles. The average molecular weight is 288 g/mol. The molecule has 0 unspecified atom stereocenters. The van der Waals surface area contributed by atoms with Gasteiger partial charge < -0.3 is 4.74 Å². The maximum absolute atomic E-state index is 12.2. The van der Waals surface area contributed by atoms with E-state index in [0.717, 1.165) is 34.6 Å². The van der Waals surface area contributed by atoms with Crippen molar-refractivity contribution in [2.24, 2.45) is 0 Å². The van der Waals surface area contributed by atoms with Gasteiger partial charge in [-0.15, -0.1) is 11.8 Å². The maximum Gasteiger partial charge on any atom is 0.345 e. The van der Waals surface area contributed by atoms with E-state index >= 15 is 0 Å². The van der Waals surface area contributed by atoms with Crippen LogP contribution in [0.2, 0.25) is 0 Å². The van der Waals surface area contributed by atoms with Crippen LogP contribution in [0.25, 0.3) is 5.57 Å². The molecule has 1 aromatic carbocycles. The van der Waals surface area contributed by atoms with Gasteiger partial charge in [0.25, 0.3) is 0 Å². The van der Waals surface area contributed by atoms with Crippen LogP contribution in [0.4, 0.5) is 0 Å². The summed E-state index contributed by atoms with van der Waals surface area (Å²) in [6.07, 6.45) is 7.59. The van der Waals surface area contributed by atoms with E-state index in [1.807, 2.05) is 37.3 Å². The molecule has 0 amide bonds. The number of ether oxygens (including phenoxy) is 1. The largest absolute Gasteiger partial charge is 0.462 e. The average Bonchev–Trinajstić information content (AvgIpc) is 2.60. The number of carbonyl (C=O) groups excluding carboxylic acids is 1. The predicted molar refractivity (Wildman–Crippen MR) is 85.4 cm³/mol. The van der Waals surface area contributed by atoms with Gasteiger partial charge in [-0.25, -0.2) is 4.79 Å². The van der Waals surface area contributed by atoms with Crippen molar-refractivity contribution in [1.29, 1.82) is 0 Å².